The van der Waals surface area contributed by atoms with E-state index in [0.717, 1.165) is 22.6 Å². The van der Waals surface area contributed by atoms with Crippen LogP contribution >= 0.6 is 0 Å². The molecule has 132 valence electrons. The molecule has 4 nitrogen and oxygen atoms in total. The van der Waals surface area contributed by atoms with E-state index in [1.807, 2.05) is 54.6 Å². The van der Waals surface area contributed by atoms with Crippen molar-refractivity contribution in [2.24, 2.45) is 0 Å². The number of aryl methyl sites for hydroxylation is 1. The van der Waals surface area contributed by atoms with Gasteiger partial charge in [0.05, 0.1) is 0 Å². The molecule has 1 heterocycles. The van der Waals surface area contributed by atoms with Crippen LogP contribution in [-0.2, 0) is 0 Å². The summed E-state index contributed by atoms with van der Waals surface area (Å²) < 4.78 is 11.5. The molecule has 0 aliphatic heterocycles. The molecular formula is C23H18N2O2. The van der Waals surface area contributed by atoms with E-state index in [4.69, 9.17) is 9.47 Å². The number of rotatable bonds is 5. The number of hydrogen-bond acceptors (Lipinski definition) is 4. The second-order valence-corrected chi connectivity index (χ2v) is 6.11. The molecule has 4 heteroatoms. The summed E-state index contributed by atoms with van der Waals surface area (Å²) in [7, 11) is 0. The first-order valence-corrected chi connectivity index (χ1v) is 8.66. The Hall–Kier alpha value is -3.66. The quantitative estimate of drug-likeness (QED) is 0.438. The Bertz CT molecular complexity index is 997. The Labute approximate surface area is 158 Å². The molecule has 27 heavy (non-hydrogen) atoms. The topological polar surface area (TPSA) is 44.2 Å². The average Bonchev–Trinajstić information content (AvgIpc) is 2.72. The Kier molecular flexibility index (Phi) is 4.79. The molecule has 0 aliphatic carbocycles. The van der Waals surface area contributed by atoms with Crippen LogP contribution in [0.4, 0.5) is 0 Å². The highest BCUT2D eigenvalue weighted by atomic mass is 16.5. The Morgan fingerprint density at radius 1 is 0.556 bits per heavy atom. The van der Waals surface area contributed by atoms with Crippen molar-refractivity contribution in [2.75, 3.05) is 0 Å². The third-order valence-corrected chi connectivity index (χ3v) is 4.02. The molecule has 0 radical (unpaired) electrons. The van der Waals surface area contributed by atoms with Crippen LogP contribution in [0, 0.1) is 6.92 Å². The zero-order chi connectivity index (χ0) is 18.5. The SMILES string of the molecule is Cc1ccc(-c2cnc(Oc3ccc(Oc4ccccc4)cc3)nc2)cc1. The Morgan fingerprint density at radius 3 is 1.74 bits per heavy atom. The number of benzene rings is 3. The summed E-state index contributed by atoms with van der Waals surface area (Å²) in [6.45, 7) is 2.06. The van der Waals surface area contributed by atoms with Crippen LogP contribution in [0.1, 0.15) is 5.56 Å². The highest BCUT2D eigenvalue weighted by Gasteiger charge is 2.04. The Balaban J connectivity index is 1.42. The van der Waals surface area contributed by atoms with E-state index in [0.29, 0.717) is 11.8 Å². The summed E-state index contributed by atoms with van der Waals surface area (Å²) in [5, 5.41) is 0. The molecule has 0 amide bonds. The van der Waals surface area contributed by atoms with Gasteiger partial charge in [0.15, 0.2) is 0 Å². The fourth-order valence-corrected chi connectivity index (χ4v) is 2.57. The third-order valence-electron chi connectivity index (χ3n) is 4.02. The van der Waals surface area contributed by atoms with Crippen LogP contribution in [0.2, 0.25) is 0 Å². The van der Waals surface area contributed by atoms with Crippen molar-refractivity contribution < 1.29 is 9.47 Å². The maximum Gasteiger partial charge on any atom is 0.321 e. The molecule has 4 rings (SSSR count). The molecule has 0 atom stereocenters. The van der Waals surface area contributed by atoms with Crippen molar-refractivity contribution >= 4 is 0 Å². The van der Waals surface area contributed by atoms with Crippen LogP contribution < -0.4 is 9.47 Å². The minimum Gasteiger partial charge on any atom is -0.457 e. The summed E-state index contributed by atoms with van der Waals surface area (Å²) in [6.07, 6.45) is 3.53. The molecule has 0 aliphatic rings. The fraction of sp³-hybridized carbons (Fsp3) is 0.0435. The second kappa shape index (κ2) is 7.70. The average molecular weight is 354 g/mol. The van der Waals surface area contributed by atoms with Crippen molar-refractivity contribution in [3.8, 4) is 34.4 Å². The highest BCUT2D eigenvalue weighted by Crippen LogP contribution is 2.26. The van der Waals surface area contributed by atoms with Crippen molar-refractivity contribution in [2.45, 2.75) is 6.92 Å². The van der Waals surface area contributed by atoms with E-state index in [1.165, 1.54) is 5.56 Å². The molecule has 0 N–H and O–H groups in total. The molecular weight excluding hydrogens is 336 g/mol. The van der Waals surface area contributed by atoms with E-state index >= 15 is 0 Å². The van der Waals surface area contributed by atoms with Gasteiger partial charge in [0.2, 0.25) is 0 Å². The number of para-hydroxylation sites is 1. The largest absolute Gasteiger partial charge is 0.457 e. The predicted molar refractivity (Wildman–Crippen MR) is 105 cm³/mol. The van der Waals surface area contributed by atoms with Gasteiger partial charge < -0.3 is 9.47 Å². The molecule has 4 aromatic rings. The van der Waals surface area contributed by atoms with Gasteiger partial charge in [0.1, 0.15) is 17.2 Å². The van der Waals surface area contributed by atoms with Gasteiger partial charge in [0.25, 0.3) is 0 Å². The van der Waals surface area contributed by atoms with Gasteiger partial charge in [-0.25, -0.2) is 9.97 Å². The van der Waals surface area contributed by atoms with Crippen molar-refractivity contribution in [3.63, 3.8) is 0 Å². The van der Waals surface area contributed by atoms with Crippen molar-refractivity contribution in [3.05, 3.63) is 96.8 Å². The highest BCUT2D eigenvalue weighted by molar-refractivity contribution is 5.61. The number of nitrogens with zero attached hydrogens (tertiary/aromatic N) is 2. The molecule has 1 aromatic heterocycles. The monoisotopic (exact) mass is 354 g/mol. The van der Waals surface area contributed by atoms with Gasteiger partial charge in [-0.05, 0) is 48.9 Å². The van der Waals surface area contributed by atoms with Gasteiger partial charge in [-0.1, -0.05) is 48.0 Å². The molecule has 0 saturated carbocycles. The van der Waals surface area contributed by atoms with E-state index in [9.17, 15) is 0 Å². The standard InChI is InChI=1S/C23H18N2O2/c1-17-7-9-18(10-8-17)19-15-24-23(25-16-19)27-22-13-11-21(12-14-22)26-20-5-3-2-4-6-20/h2-16H,1H3. The number of ether oxygens (including phenoxy) is 2. The summed E-state index contributed by atoms with van der Waals surface area (Å²) in [5.74, 6) is 2.18. The lowest BCUT2D eigenvalue weighted by Crippen LogP contribution is -1.92. The molecule has 0 spiro atoms. The maximum atomic E-state index is 5.77. The van der Waals surface area contributed by atoms with Crippen LogP contribution in [0.5, 0.6) is 23.3 Å². The summed E-state index contributed by atoms with van der Waals surface area (Å²) in [4.78, 5) is 8.60. The molecule has 3 aromatic carbocycles. The zero-order valence-corrected chi connectivity index (χ0v) is 14.9. The normalized spacial score (nSPS) is 10.4. The van der Waals surface area contributed by atoms with Gasteiger partial charge in [-0.2, -0.15) is 0 Å². The van der Waals surface area contributed by atoms with Crippen LogP contribution in [0.3, 0.4) is 0 Å². The summed E-state index contributed by atoms with van der Waals surface area (Å²) >= 11 is 0. The zero-order valence-electron chi connectivity index (χ0n) is 14.9. The lowest BCUT2D eigenvalue weighted by atomic mass is 10.1. The summed E-state index contributed by atoms with van der Waals surface area (Å²) in [6, 6.07) is 25.6. The first-order valence-electron chi connectivity index (χ1n) is 8.66. The van der Waals surface area contributed by atoms with Gasteiger partial charge >= 0.3 is 6.01 Å². The van der Waals surface area contributed by atoms with Gasteiger partial charge in [0, 0.05) is 18.0 Å². The number of hydrogen-bond donors (Lipinski definition) is 0. The van der Waals surface area contributed by atoms with Crippen LogP contribution in [0.15, 0.2) is 91.3 Å². The van der Waals surface area contributed by atoms with Crippen molar-refractivity contribution in [1.82, 2.24) is 9.97 Å². The fourth-order valence-electron chi connectivity index (χ4n) is 2.57. The number of aromatic nitrogens is 2. The first-order chi connectivity index (χ1) is 13.3. The molecule has 0 saturated heterocycles. The minimum absolute atomic E-state index is 0.308. The van der Waals surface area contributed by atoms with E-state index in [1.54, 1.807) is 12.4 Å². The third kappa shape index (κ3) is 4.30. The van der Waals surface area contributed by atoms with Crippen LogP contribution in [0.25, 0.3) is 11.1 Å². The Morgan fingerprint density at radius 2 is 1.11 bits per heavy atom. The second-order valence-electron chi connectivity index (χ2n) is 6.11. The smallest absolute Gasteiger partial charge is 0.321 e. The molecule has 0 fully saturated rings. The lowest BCUT2D eigenvalue weighted by Gasteiger charge is -2.07. The van der Waals surface area contributed by atoms with E-state index in [-0.39, 0.29) is 0 Å². The lowest BCUT2D eigenvalue weighted by molar-refractivity contribution is 0.438. The van der Waals surface area contributed by atoms with E-state index < -0.39 is 0 Å². The van der Waals surface area contributed by atoms with Gasteiger partial charge in [-0.15, -0.1) is 0 Å². The molecule has 0 bridgehead atoms. The van der Waals surface area contributed by atoms with Crippen molar-refractivity contribution in [1.29, 1.82) is 0 Å². The maximum absolute atomic E-state index is 5.77. The predicted octanol–water partition coefficient (Wildman–Crippen LogP) is 6.04. The first kappa shape index (κ1) is 16.8. The summed E-state index contributed by atoms with van der Waals surface area (Å²) in [5.41, 5.74) is 3.25. The van der Waals surface area contributed by atoms with Gasteiger partial charge in [-0.3, -0.25) is 0 Å². The minimum atomic E-state index is 0.308. The molecule has 0 unspecified atom stereocenters. The van der Waals surface area contributed by atoms with Crippen LogP contribution in [-0.4, -0.2) is 9.97 Å². The van der Waals surface area contributed by atoms with E-state index in [2.05, 4.69) is 41.2 Å².